The number of nitrogens with one attached hydrogen (secondary N) is 4. The van der Waals surface area contributed by atoms with Crippen LogP contribution in [0.15, 0.2) is 24.3 Å². The van der Waals surface area contributed by atoms with E-state index in [1.54, 1.807) is 31.2 Å². The van der Waals surface area contributed by atoms with Crippen LogP contribution in [0.5, 0.6) is 0 Å². The van der Waals surface area contributed by atoms with Crippen molar-refractivity contribution in [3.05, 3.63) is 29.8 Å². The minimum absolute atomic E-state index is 0.277. The van der Waals surface area contributed by atoms with Crippen LogP contribution in [0.4, 0.5) is 10.5 Å². The lowest BCUT2D eigenvalue weighted by Crippen LogP contribution is -2.52. The second-order valence-corrected chi connectivity index (χ2v) is 7.26. The third-order valence-corrected chi connectivity index (χ3v) is 5.18. The standard InChI is InChI=1S/C19H28N4O3S/c1-4-26-19(25)20-15-9-6-8-14(11-15)17(24)22-23-18(27)21-16-10-5-7-12(2)13(16)3/h6,8-9,11-13,16H,4-5,7,10H2,1-3H3,(H,20,25)(H,22,24)(H2,21,23,27)/t12-,13-,16-/m0/s1. The van der Waals surface area contributed by atoms with Crippen LogP contribution in [0, 0.1) is 11.8 Å². The van der Waals surface area contributed by atoms with Gasteiger partial charge >= 0.3 is 6.09 Å². The predicted molar refractivity (Wildman–Crippen MR) is 109 cm³/mol. The quantitative estimate of drug-likeness (QED) is 0.465. The zero-order valence-electron chi connectivity index (χ0n) is 16.0. The molecule has 0 aliphatic heterocycles. The summed E-state index contributed by atoms with van der Waals surface area (Å²) in [5.74, 6) is 0.833. The van der Waals surface area contributed by atoms with E-state index in [9.17, 15) is 9.59 Å². The van der Waals surface area contributed by atoms with Crippen LogP contribution >= 0.6 is 12.2 Å². The fourth-order valence-corrected chi connectivity index (χ4v) is 3.40. The highest BCUT2D eigenvalue weighted by molar-refractivity contribution is 7.80. The van der Waals surface area contributed by atoms with Crippen molar-refractivity contribution in [1.29, 1.82) is 0 Å². The summed E-state index contributed by atoms with van der Waals surface area (Å²) >= 11 is 5.30. The topological polar surface area (TPSA) is 91.5 Å². The van der Waals surface area contributed by atoms with E-state index < -0.39 is 6.09 Å². The molecule has 1 fully saturated rings. The van der Waals surface area contributed by atoms with Crippen molar-refractivity contribution >= 4 is 35.0 Å². The molecule has 3 atom stereocenters. The number of hydrazine groups is 1. The summed E-state index contributed by atoms with van der Waals surface area (Å²) in [7, 11) is 0. The van der Waals surface area contributed by atoms with Crippen LogP contribution in [0.1, 0.15) is 50.4 Å². The van der Waals surface area contributed by atoms with Crippen molar-refractivity contribution in [3.63, 3.8) is 0 Å². The molecule has 0 spiro atoms. The van der Waals surface area contributed by atoms with Crippen molar-refractivity contribution in [1.82, 2.24) is 16.2 Å². The maximum atomic E-state index is 12.3. The fourth-order valence-electron chi connectivity index (χ4n) is 3.20. The summed E-state index contributed by atoms with van der Waals surface area (Å²) in [6.45, 7) is 6.48. The van der Waals surface area contributed by atoms with Crippen molar-refractivity contribution in [2.24, 2.45) is 11.8 Å². The van der Waals surface area contributed by atoms with E-state index >= 15 is 0 Å². The van der Waals surface area contributed by atoms with E-state index in [0.717, 1.165) is 6.42 Å². The number of thiocarbonyl (C=S) groups is 1. The number of amides is 2. The molecular weight excluding hydrogens is 364 g/mol. The lowest BCUT2D eigenvalue weighted by Gasteiger charge is -2.35. The van der Waals surface area contributed by atoms with Crippen molar-refractivity contribution in [3.8, 4) is 0 Å². The van der Waals surface area contributed by atoms with Gasteiger partial charge in [-0.25, -0.2) is 4.79 Å². The molecule has 1 aliphatic carbocycles. The highest BCUT2D eigenvalue weighted by Crippen LogP contribution is 2.29. The molecule has 8 heteroatoms. The molecule has 0 bridgehead atoms. The minimum Gasteiger partial charge on any atom is -0.450 e. The third-order valence-electron chi connectivity index (χ3n) is 4.96. The SMILES string of the molecule is CCOC(=O)Nc1cccc(C(=O)NNC(=S)N[C@H]2CCC[C@H](C)[C@@H]2C)c1. The number of rotatable bonds is 4. The Balaban J connectivity index is 1.84. The lowest BCUT2D eigenvalue weighted by atomic mass is 9.78. The van der Waals surface area contributed by atoms with Gasteiger partial charge in [0.2, 0.25) is 0 Å². The van der Waals surface area contributed by atoms with Gasteiger partial charge in [0.1, 0.15) is 0 Å². The summed E-state index contributed by atoms with van der Waals surface area (Å²) in [6, 6.07) is 6.88. The molecule has 4 N–H and O–H groups in total. The van der Waals surface area contributed by atoms with E-state index in [1.165, 1.54) is 12.8 Å². The van der Waals surface area contributed by atoms with E-state index in [-0.39, 0.29) is 12.5 Å². The summed E-state index contributed by atoms with van der Waals surface area (Å²) in [5, 5.41) is 6.25. The third kappa shape index (κ3) is 6.39. The number of carbonyl (C=O) groups is 2. The lowest BCUT2D eigenvalue weighted by molar-refractivity contribution is 0.0943. The molecule has 1 aliphatic rings. The smallest absolute Gasteiger partial charge is 0.411 e. The highest BCUT2D eigenvalue weighted by atomic mass is 32.1. The summed E-state index contributed by atoms with van der Waals surface area (Å²) < 4.78 is 4.83. The van der Waals surface area contributed by atoms with Gasteiger partial charge in [-0.05, 0) is 55.6 Å². The average Bonchev–Trinajstić information content (AvgIpc) is 2.64. The first-order valence-electron chi connectivity index (χ1n) is 9.31. The molecule has 1 aromatic carbocycles. The number of hydrogen-bond donors (Lipinski definition) is 4. The van der Waals surface area contributed by atoms with Crippen LogP contribution in [0.25, 0.3) is 0 Å². The van der Waals surface area contributed by atoms with Crippen LogP contribution < -0.4 is 21.5 Å². The van der Waals surface area contributed by atoms with E-state index in [1.807, 2.05) is 0 Å². The van der Waals surface area contributed by atoms with Gasteiger partial charge in [0.15, 0.2) is 5.11 Å². The number of anilines is 1. The summed E-state index contributed by atoms with van der Waals surface area (Å²) in [6.07, 6.45) is 2.93. The molecule has 27 heavy (non-hydrogen) atoms. The first kappa shape index (κ1) is 21.0. The van der Waals surface area contributed by atoms with E-state index in [4.69, 9.17) is 17.0 Å². The first-order valence-corrected chi connectivity index (χ1v) is 9.72. The maximum absolute atomic E-state index is 12.3. The second-order valence-electron chi connectivity index (χ2n) is 6.85. The van der Waals surface area contributed by atoms with Crippen molar-refractivity contribution in [2.75, 3.05) is 11.9 Å². The fraction of sp³-hybridized carbons (Fsp3) is 0.526. The summed E-state index contributed by atoms with van der Waals surface area (Å²) in [5.41, 5.74) is 6.20. The van der Waals surface area contributed by atoms with Gasteiger partial charge in [0.25, 0.3) is 5.91 Å². The Labute approximate surface area is 165 Å². The second kappa shape index (κ2) is 10.1. The van der Waals surface area contributed by atoms with E-state index in [0.29, 0.717) is 34.2 Å². The molecule has 0 saturated heterocycles. The Hall–Kier alpha value is -2.35. The van der Waals surface area contributed by atoms with Crippen molar-refractivity contribution < 1.29 is 14.3 Å². The maximum Gasteiger partial charge on any atom is 0.411 e. The average molecular weight is 393 g/mol. The molecule has 0 heterocycles. The zero-order valence-corrected chi connectivity index (χ0v) is 16.8. The zero-order chi connectivity index (χ0) is 19.8. The highest BCUT2D eigenvalue weighted by Gasteiger charge is 2.27. The molecule has 1 saturated carbocycles. The van der Waals surface area contributed by atoms with Crippen LogP contribution in [0.2, 0.25) is 0 Å². The Morgan fingerprint density at radius 2 is 2.00 bits per heavy atom. The van der Waals surface area contributed by atoms with Gasteiger partial charge in [-0.2, -0.15) is 0 Å². The predicted octanol–water partition coefficient (Wildman–Crippen LogP) is 3.19. The monoisotopic (exact) mass is 392 g/mol. The number of carbonyl (C=O) groups excluding carboxylic acids is 2. The van der Waals surface area contributed by atoms with Crippen molar-refractivity contribution in [2.45, 2.75) is 46.1 Å². The molecule has 2 amide bonds. The molecule has 0 aromatic heterocycles. The molecule has 7 nitrogen and oxygen atoms in total. The van der Waals surface area contributed by atoms with Crippen LogP contribution in [-0.4, -0.2) is 29.8 Å². The molecule has 1 aromatic rings. The van der Waals surface area contributed by atoms with Crippen LogP contribution in [0.3, 0.4) is 0 Å². The first-order chi connectivity index (χ1) is 12.9. The largest absolute Gasteiger partial charge is 0.450 e. The normalized spacial score (nSPS) is 21.7. The van der Waals surface area contributed by atoms with Gasteiger partial charge < -0.3 is 10.1 Å². The van der Waals surface area contributed by atoms with Crippen LogP contribution in [-0.2, 0) is 4.74 Å². The van der Waals surface area contributed by atoms with Gasteiger partial charge in [0.05, 0.1) is 6.61 Å². The van der Waals surface area contributed by atoms with Gasteiger partial charge in [-0.3, -0.25) is 21.0 Å². The van der Waals surface area contributed by atoms with Gasteiger partial charge in [0, 0.05) is 17.3 Å². The molecule has 0 radical (unpaired) electrons. The Kier molecular flexibility index (Phi) is 7.84. The summed E-state index contributed by atoms with van der Waals surface area (Å²) in [4.78, 5) is 23.8. The van der Waals surface area contributed by atoms with Gasteiger partial charge in [-0.1, -0.05) is 32.8 Å². The van der Waals surface area contributed by atoms with Gasteiger partial charge in [-0.15, -0.1) is 0 Å². The number of benzene rings is 1. The molecule has 148 valence electrons. The molecular formula is C19H28N4O3S. The number of ether oxygens (including phenoxy) is 1. The molecule has 0 unspecified atom stereocenters. The minimum atomic E-state index is -0.561. The van der Waals surface area contributed by atoms with E-state index in [2.05, 4.69) is 35.3 Å². The Bertz CT molecular complexity index is 683. The Morgan fingerprint density at radius 1 is 1.22 bits per heavy atom. The number of hydrogen-bond acceptors (Lipinski definition) is 4. The Morgan fingerprint density at radius 3 is 2.74 bits per heavy atom. The molecule has 2 rings (SSSR count).